The molecule has 0 aromatic carbocycles. The molecule has 0 N–H and O–H groups in total. The Morgan fingerprint density at radius 2 is 2.20 bits per heavy atom. The summed E-state index contributed by atoms with van der Waals surface area (Å²) in [7, 11) is -1.28. The molecular weight excluding hydrogens is 146 g/mol. The number of nitrogens with zero attached hydrogens (tertiary/aromatic N) is 1. The number of rotatable bonds is 4. The van der Waals surface area contributed by atoms with Crippen molar-refractivity contribution < 1.29 is 4.21 Å². The van der Waals surface area contributed by atoms with Crippen LogP contribution in [0.3, 0.4) is 0 Å². The molecule has 0 rings (SSSR count). The van der Waals surface area contributed by atoms with E-state index in [1.54, 1.807) is 6.26 Å². The van der Waals surface area contributed by atoms with E-state index >= 15 is 0 Å². The summed E-state index contributed by atoms with van der Waals surface area (Å²) in [6.07, 6.45) is 5.11. The van der Waals surface area contributed by atoms with E-state index in [-0.39, 0.29) is 6.04 Å². The third-order valence-electron chi connectivity index (χ3n) is 1.34. The fourth-order valence-electron chi connectivity index (χ4n) is 0.835. The van der Waals surface area contributed by atoms with Crippen LogP contribution in [0, 0.1) is 0 Å². The number of hydrogen-bond acceptors (Lipinski definition) is 2. The van der Waals surface area contributed by atoms with E-state index in [2.05, 4.69) is 11.3 Å². The predicted octanol–water partition coefficient (Wildman–Crippen LogP) is 1.86. The second kappa shape index (κ2) is 5.71. The molecule has 2 unspecified atom stereocenters. The summed E-state index contributed by atoms with van der Waals surface area (Å²) in [4.78, 5) is 0. The van der Waals surface area contributed by atoms with Gasteiger partial charge >= 0.3 is 0 Å². The van der Waals surface area contributed by atoms with Crippen molar-refractivity contribution in [1.29, 1.82) is 0 Å². The van der Waals surface area contributed by atoms with Crippen molar-refractivity contribution in [1.82, 2.24) is 0 Å². The average Bonchev–Trinajstić information content (AvgIpc) is 1.82. The molecule has 0 fully saturated rings. The minimum atomic E-state index is -1.28. The smallest absolute Gasteiger partial charge is 0.0563 e. The van der Waals surface area contributed by atoms with Crippen LogP contribution >= 0.6 is 0 Å². The van der Waals surface area contributed by atoms with E-state index in [1.807, 2.05) is 6.92 Å². The molecule has 0 aliphatic rings. The SMILES string of the molecule is CCCCC(C)/N=[SH](\C)=O. The van der Waals surface area contributed by atoms with E-state index < -0.39 is 10.6 Å². The zero-order valence-corrected chi connectivity index (χ0v) is 7.90. The third kappa shape index (κ3) is 6.08. The highest BCUT2D eigenvalue weighted by Gasteiger charge is 1.95. The largest absolute Gasteiger partial charge is 0.253 e. The molecule has 0 spiro atoms. The lowest BCUT2D eigenvalue weighted by molar-refractivity contribution is 0.617. The second-order valence-corrected chi connectivity index (χ2v) is 3.73. The zero-order valence-electron chi connectivity index (χ0n) is 7.00. The van der Waals surface area contributed by atoms with Crippen LogP contribution < -0.4 is 0 Å². The van der Waals surface area contributed by atoms with Crippen LogP contribution in [0.1, 0.15) is 33.1 Å². The third-order valence-corrected chi connectivity index (χ3v) is 2.05. The standard InChI is InChI=1S/C7H17NOS/c1-4-5-6-7(2)8-10(3)9/h7,10H,4-6H2,1-3H3. The lowest BCUT2D eigenvalue weighted by atomic mass is 10.2. The van der Waals surface area contributed by atoms with Gasteiger partial charge in [0.15, 0.2) is 0 Å². The first kappa shape index (κ1) is 9.95. The van der Waals surface area contributed by atoms with Crippen LogP contribution in [-0.2, 0) is 10.6 Å². The van der Waals surface area contributed by atoms with Gasteiger partial charge in [0.25, 0.3) is 0 Å². The Labute approximate surface area is 65.2 Å². The number of thiol groups is 1. The van der Waals surface area contributed by atoms with Crippen LogP contribution in [-0.4, -0.2) is 16.5 Å². The van der Waals surface area contributed by atoms with Crippen molar-refractivity contribution in [2.24, 2.45) is 4.36 Å². The van der Waals surface area contributed by atoms with E-state index in [9.17, 15) is 4.21 Å². The Balaban J connectivity index is 3.53. The molecule has 0 saturated heterocycles. The molecule has 62 valence electrons. The van der Waals surface area contributed by atoms with Gasteiger partial charge in [-0.3, -0.25) is 4.21 Å². The Morgan fingerprint density at radius 1 is 1.60 bits per heavy atom. The maximum absolute atomic E-state index is 10.6. The van der Waals surface area contributed by atoms with E-state index in [0.717, 1.165) is 6.42 Å². The first-order valence-electron chi connectivity index (χ1n) is 3.78. The fourth-order valence-corrected chi connectivity index (χ4v) is 1.51. The average molecular weight is 163 g/mol. The first-order chi connectivity index (χ1) is 4.66. The van der Waals surface area contributed by atoms with Crippen LogP contribution in [0.15, 0.2) is 4.36 Å². The zero-order chi connectivity index (χ0) is 7.98. The van der Waals surface area contributed by atoms with E-state index in [1.165, 1.54) is 12.8 Å². The van der Waals surface area contributed by atoms with Crippen molar-refractivity contribution in [3.8, 4) is 0 Å². The van der Waals surface area contributed by atoms with Crippen molar-refractivity contribution >= 4 is 10.6 Å². The number of hydrogen-bond donors (Lipinski definition) is 1. The normalized spacial score (nSPS) is 17.1. The maximum Gasteiger partial charge on any atom is 0.0563 e. The maximum atomic E-state index is 10.6. The van der Waals surface area contributed by atoms with Gasteiger partial charge in [-0.25, -0.2) is 4.36 Å². The molecule has 3 heteroatoms. The molecule has 10 heavy (non-hydrogen) atoms. The van der Waals surface area contributed by atoms with Crippen LogP contribution in [0.5, 0.6) is 0 Å². The van der Waals surface area contributed by atoms with Gasteiger partial charge in [-0.2, -0.15) is 0 Å². The summed E-state index contributed by atoms with van der Waals surface area (Å²) in [6.45, 7) is 4.17. The van der Waals surface area contributed by atoms with Gasteiger partial charge in [-0.15, -0.1) is 0 Å². The molecule has 0 aliphatic heterocycles. The Kier molecular flexibility index (Phi) is 5.69. The summed E-state index contributed by atoms with van der Waals surface area (Å²) >= 11 is 0. The highest BCUT2D eigenvalue weighted by molar-refractivity contribution is 7.74. The van der Waals surface area contributed by atoms with Crippen LogP contribution in [0.25, 0.3) is 0 Å². The molecule has 0 aromatic rings. The minimum Gasteiger partial charge on any atom is -0.253 e. The second-order valence-electron chi connectivity index (χ2n) is 2.57. The lowest BCUT2D eigenvalue weighted by Crippen LogP contribution is -1.96. The molecule has 2 atom stereocenters. The van der Waals surface area contributed by atoms with Crippen molar-refractivity contribution in [2.45, 2.75) is 39.2 Å². The molecule has 0 bridgehead atoms. The van der Waals surface area contributed by atoms with Gasteiger partial charge < -0.3 is 0 Å². The monoisotopic (exact) mass is 163 g/mol. The minimum absolute atomic E-state index is 0.286. The highest BCUT2D eigenvalue weighted by atomic mass is 32.2. The quantitative estimate of drug-likeness (QED) is 0.630. The molecule has 2 nitrogen and oxygen atoms in total. The fraction of sp³-hybridized carbons (Fsp3) is 1.00. The van der Waals surface area contributed by atoms with E-state index in [0.29, 0.717) is 0 Å². The molecule has 0 amide bonds. The Morgan fingerprint density at radius 3 is 2.60 bits per heavy atom. The topological polar surface area (TPSA) is 29.4 Å². The van der Waals surface area contributed by atoms with Gasteiger partial charge in [-0.1, -0.05) is 19.8 Å². The van der Waals surface area contributed by atoms with Gasteiger partial charge in [0.1, 0.15) is 0 Å². The van der Waals surface area contributed by atoms with Gasteiger partial charge in [0, 0.05) is 16.9 Å². The van der Waals surface area contributed by atoms with Crippen LogP contribution in [0.2, 0.25) is 0 Å². The highest BCUT2D eigenvalue weighted by Crippen LogP contribution is 2.02. The summed E-state index contributed by atoms with van der Waals surface area (Å²) in [5.41, 5.74) is 0. The van der Waals surface area contributed by atoms with Gasteiger partial charge in [0.05, 0.1) is 6.04 Å². The summed E-state index contributed by atoms with van der Waals surface area (Å²) in [6, 6.07) is 0.286. The lowest BCUT2D eigenvalue weighted by Gasteiger charge is -2.01. The van der Waals surface area contributed by atoms with Gasteiger partial charge in [-0.05, 0) is 13.3 Å². The molecule has 0 aliphatic carbocycles. The summed E-state index contributed by atoms with van der Waals surface area (Å²) < 4.78 is 14.6. The molecule has 0 radical (unpaired) electrons. The molecular formula is C7H17NOS. The molecule has 0 aromatic heterocycles. The summed E-state index contributed by atoms with van der Waals surface area (Å²) in [5, 5.41) is 0. The molecule has 0 heterocycles. The van der Waals surface area contributed by atoms with Gasteiger partial charge in [0.2, 0.25) is 0 Å². The van der Waals surface area contributed by atoms with E-state index in [4.69, 9.17) is 0 Å². The van der Waals surface area contributed by atoms with Crippen molar-refractivity contribution in [3.63, 3.8) is 0 Å². The number of unbranched alkanes of at least 4 members (excludes halogenated alkanes) is 1. The molecule has 0 saturated carbocycles. The van der Waals surface area contributed by atoms with Crippen LogP contribution in [0.4, 0.5) is 0 Å². The Bertz CT molecular complexity index is 150. The van der Waals surface area contributed by atoms with Crippen molar-refractivity contribution in [3.05, 3.63) is 0 Å². The summed E-state index contributed by atoms with van der Waals surface area (Å²) in [5.74, 6) is 0. The predicted molar refractivity (Wildman–Crippen MR) is 46.9 cm³/mol. The van der Waals surface area contributed by atoms with Crippen molar-refractivity contribution in [2.75, 3.05) is 6.26 Å². The first-order valence-corrected chi connectivity index (χ1v) is 5.44. The Hall–Kier alpha value is -0.0500.